The highest BCUT2D eigenvalue weighted by molar-refractivity contribution is 5.51. The maximum absolute atomic E-state index is 5.54. The van der Waals surface area contributed by atoms with Crippen molar-refractivity contribution in [3.05, 3.63) is 36.7 Å². The van der Waals surface area contributed by atoms with Crippen LogP contribution in [0.15, 0.2) is 46.9 Å². The molecule has 0 unspecified atom stereocenters. The van der Waals surface area contributed by atoms with Crippen molar-refractivity contribution in [2.45, 2.75) is 25.8 Å². The van der Waals surface area contributed by atoms with E-state index in [1.807, 2.05) is 62.4 Å². The number of nitrogens with zero attached hydrogens (tertiary/aromatic N) is 5. The van der Waals surface area contributed by atoms with E-state index in [2.05, 4.69) is 19.7 Å². The van der Waals surface area contributed by atoms with Crippen molar-refractivity contribution in [1.29, 1.82) is 0 Å². The van der Waals surface area contributed by atoms with Crippen molar-refractivity contribution >= 4 is 17.3 Å². The van der Waals surface area contributed by atoms with Gasteiger partial charge in [-0.2, -0.15) is 0 Å². The summed E-state index contributed by atoms with van der Waals surface area (Å²) in [5.74, 6) is 0.856. The number of halogens is 1. The lowest BCUT2D eigenvalue weighted by Gasteiger charge is -2.11. The molecule has 0 atom stereocenters. The molecule has 132 valence electrons. The number of anilines is 1. The summed E-state index contributed by atoms with van der Waals surface area (Å²) in [5, 5.41) is 8.78. The highest BCUT2D eigenvalue weighted by atomic mass is 35.5. The highest BCUT2D eigenvalue weighted by Crippen LogP contribution is 2.20. The summed E-state index contributed by atoms with van der Waals surface area (Å²) in [7, 11) is 6.03. The van der Waals surface area contributed by atoms with E-state index in [1.165, 1.54) is 0 Å². The van der Waals surface area contributed by atoms with Crippen molar-refractivity contribution in [3.8, 4) is 0 Å². The minimum absolute atomic E-state index is 0. The van der Waals surface area contributed by atoms with Crippen LogP contribution < -0.4 is 27.6 Å². The molecule has 0 saturated carbocycles. The topological polar surface area (TPSA) is 62.8 Å². The standard InChI is InChI=1S/C17H27N6.ClH/c1-21(2)16-9-7-15(8-10-16)19-20-17-22(3)13-14-23(17)12-6-4-5-11-18;/h7-10,13-14H,4-6,11-12,18H2,1-3H3;1H/q+1;/p-1. The first-order valence-electron chi connectivity index (χ1n) is 8.06. The largest absolute Gasteiger partial charge is 1.00 e. The van der Waals surface area contributed by atoms with Crippen LogP contribution in [0.1, 0.15) is 19.3 Å². The van der Waals surface area contributed by atoms with Gasteiger partial charge in [0, 0.05) is 24.9 Å². The normalized spacial score (nSPS) is 10.8. The Balaban J connectivity index is 0.00000288. The van der Waals surface area contributed by atoms with Crippen molar-refractivity contribution in [1.82, 2.24) is 4.57 Å². The monoisotopic (exact) mass is 350 g/mol. The molecule has 2 aromatic rings. The van der Waals surface area contributed by atoms with Gasteiger partial charge in [-0.15, -0.1) is 0 Å². The number of unbranched alkanes of at least 4 members (excludes halogenated alkanes) is 2. The van der Waals surface area contributed by atoms with E-state index in [-0.39, 0.29) is 12.4 Å². The molecular formula is C17H27ClN6. The summed E-state index contributed by atoms with van der Waals surface area (Å²) in [6, 6.07) is 8.04. The molecule has 1 heterocycles. The number of rotatable bonds is 8. The zero-order chi connectivity index (χ0) is 16.7. The number of azo groups is 1. The fourth-order valence-corrected chi connectivity index (χ4v) is 2.34. The molecule has 1 aromatic heterocycles. The van der Waals surface area contributed by atoms with E-state index in [4.69, 9.17) is 5.73 Å². The molecule has 0 aliphatic carbocycles. The number of hydrogen-bond acceptors (Lipinski definition) is 4. The Bertz CT molecular complexity index is 633. The first kappa shape index (κ1) is 20.1. The molecular weight excluding hydrogens is 324 g/mol. The van der Waals surface area contributed by atoms with Crippen molar-refractivity contribution < 1.29 is 17.0 Å². The minimum Gasteiger partial charge on any atom is -1.00 e. The van der Waals surface area contributed by atoms with Crippen LogP contribution in [-0.2, 0) is 13.6 Å². The van der Waals surface area contributed by atoms with Gasteiger partial charge in [-0.1, -0.05) is 5.11 Å². The SMILES string of the molecule is CN(C)c1ccc(N=Nc2n(CCCCCN)cc[n+]2C)cc1.[Cl-]. The Morgan fingerprint density at radius 3 is 2.42 bits per heavy atom. The van der Waals surface area contributed by atoms with E-state index in [1.54, 1.807) is 0 Å². The summed E-state index contributed by atoms with van der Waals surface area (Å²) in [6.07, 6.45) is 7.37. The molecule has 0 bridgehead atoms. The van der Waals surface area contributed by atoms with Crippen LogP contribution in [0.4, 0.5) is 17.3 Å². The molecule has 0 aliphatic rings. The van der Waals surface area contributed by atoms with E-state index >= 15 is 0 Å². The number of aryl methyl sites for hydroxylation is 2. The second kappa shape index (κ2) is 10.1. The van der Waals surface area contributed by atoms with Gasteiger partial charge in [0.25, 0.3) is 0 Å². The fourth-order valence-electron chi connectivity index (χ4n) is 2.34. The maximum Gasteiger partial charge on any atom is 0.421 e. The van der Waals surface area contributed by atoms with Gasteiger partial charge in [0.05, 0.1) is 26.0 Å². The van der Waals surface area contributed by atoms with Gasteiger partial charge in [-0.05, 0) is 50.1 Å². The van der Waals surface area contributed by atoms with Gasteiger partial charge < -0.3 is 23.0 Å². The molecule has 1 aromatic carbocycles. The van der Waals surface area contributed by atoms with Crippen molar-refractivity contribution in [2.24, 2.45) is 23.0 Å². The lowest BCUT2D eigenvalue weighted by molar-refractivity contribution is -0.657. The lowest BCUT2D eigenvalue weighted by Crippen LogP contribution is -3.00. The third-order valence-electron chi connectivity index (χ3n) is 3.77. The lowest BCUT2D eigenvalue weighted by atomic mass is 10.2. The van der Waals surface area contributed by atoms with Crippen LogP contribution in [0, 0.1) is 0 Å². The molecule has 2 rings (SSSR count). The van der Waals surface area contributed by atoms with Crippen LogP contribution in [0.25, 0.3) is 0 Å². The Morgan fingerprint density at radius 2 is 1.79 bits per heavy atom. The van der Waals surface area contributed by atoms with Gasteiger partial charge in [0.15, 0.2) is 0 Å². The van der Waals surface area contributed by atoms with Gasteiger partial charge in [-0.25, -0.2) is 9.13 Å². The van der Waals surface area contributed by atoms with Crippen molar-refractivity contribution in [3.63, 3.8) is 0 Å². The first-order chi connectivity index (χ1) is 11.1. The van der Waals surface area contributed by atoms with Crippen LogP contribution in [0.5, 0.6) is 0 Å². The molecule has 0 saturated heterocycles. The molecule has 0 aliphatic heterocycles. The number of benzene rings is 1. The van der Waals surface area contributed by atoms with E-state index in [9.17, 15) is 0 Å². The Hall–Kier alpha value is -1.92. The fraction of sp³-hybridized carbons (Fsp3) is 0.471. The third-order valence-corrected chi connectivity index (χ3v) is 3.77. The smallest absolute Gasteiger partial charge is 0.421 e. The molecule has 6 nitrogen and oxygen atoms in total. The second-order valence-corrected chi connectivity index (χ2v) is 5.86. The number of hydrogen-bond donors (Lipinski definition) is 1. The molecule has 0 radical (unpaired) electrons. The molecule has 0 amide bonds. The quantitative estimate of drug-likeness (QED) is 0.411. The average molecular weight is 351 g/mol. The summed E-state index contributed by atoms with van der Waals surface area (Å²) in [4.78, 5) is 2.06. The first-order valence-corrected chi connectivity index (χ1v) is 8.06. The predicted octanol–water partition coefficient (Wildman–Crippen LogP) is -0.0730. The van der Waals surface area contributed by atoms with Gasteiger partial charge >= 0.3 is 5.95 Å². The van der Waals surface area contributed by atoms with Crippen LogP contribution >= 0.6 is 0 Å². The van der Waals surface area contributed by atoms with E-state index in [0.717, 1.165) is 49.7 Å². The summed E-state index contributed by atoms with van der Waals surface area (Å²) < 4.78 is 4.12. The Labute approximate surface area is 150 Å². The molecule has 0 fully saturated rings. The number of imidazole rings is 1. The third kappa shape index (κ3) is 5.62. The summed E-state index contributed by atoms with van der Waals surface area (Å²) >= 11 is 0. The van der Waals surface area contributed by atoms with Crippen LogP contribution in [-0.4, -0.2) is 25.2 Å². The second-order valence-electron chi connectivity index (χ2n) is 5.86. The van der Waals surface area contributed by atoms with Crippen LogP contribution in [0.2, 0.25) is 0 Å². The highest BCUT2D eigenvalue weighted by Gasteiger charge is 2.13. The average Bonchev–Trinajstić information content (AvgIpc) is 2.90. The van der Waals surface area contributed by atoms with E-state index in [0.29, 0.717) is 0 Å². The predicted molar refractivity (Wildman–Crippen MR) is 93.5 cm³/mol. The van der Waals surface area contributed by atoms with Gasteiger partial charge in [0.1, 0.15) is 5.69 Å². The van der Waals surface area contributed by atoms with Gasteiger partial charge in [0.2, 0.25) is 0 Å². The number of nitrogens with two attached hydrogens (primary N) is 1. The molecule has 0 spiro atoms. The zero-order valence-corrected chi connectivity index (χ0v) is 15.4. The summed E-state index contributed by atoms with van der Waals surface area (Å²) in [5.41, 5.74) is 7.54. The number of aromatic nitrogens is 2. The van der Waals surface area contributed by atoms with Gasteiger partial charge in [-0.3, -0.25) is 0 Å². The summed E-state index contributed by atoms with van der Waals surface area (Å²) in [6.45, 7) is 1.70. The van der Waals surface area contributed by atoms with Crippen molar-refractivity contribution in [2.75, 3.05) is 25.5 Å². The molecule has 7 heteroatoms. The zero-order valence-electron chi connectivity index (χ0n) is 14.7. The van der Waals surface area contributed by atoms with Crippen LogP contribution in [0.3, 0.4) is 0 Å². The van der Waals surface area contributed by atoms with E-state index < -0.39 is 0 Å². The molecule has 24 heavy (non-hydrogen) atoms. The maximum atomic E-state index is 5.54. The minimum atomic E-state index is 0. The Morgan fingerprint density at radius 1 is 1.08 bits per heavy atom. The Kier molecular flexibility index (Phi) is 8.43. The molecule has 2 N–H and O–H groups in total.